The molecule has 0 bridgehead atoms. The second-order valence-electron chi connectivity index (χ2n) is 10.6. The van der Waals surface area contributed by atoms with Gasteiger partial charge in [-0.05, 0) is 81.8 Å². The van der Waals surface area contributed by atoms with Crippen LogP contribution in [0.25, 0.3) is 11.1 Å². The van der Waals surface area contributed by atoms with Gasteiger partial charge in [-0.15, -0.1) is 0 Å². The standard InChI is InChI=1S/C19H21FN4O2.2C7H8O3S/c1-12-5-14(6-13(2)23-12)10-22-19-24-17-4-3-16(7-18(17)26-19)25-11-15(8-20)9-21;2*1-6-2-4-7(5-3-6)11(8,9)10/h3-8H,9-11,21H2,1-2H3,(H,22,24);2*2-5H,1H3,(H,8,9,10)/b15-8-;;. The van der Waals surface area contributed by atoms with E-state index < -0.39 is 20.2 Å². The van der Waals surface area contributed by atoms with Gasteiger partial charge in [0.2, 0.25) is 0 Å². The topological polar surface area (TPSA) is 195 Å². The van der Waals surface area contributed by atoms with Gasteiger partial charge < -0.3 is 20.2 Å². The number of nitrogens with zero attached hydrogens (tertiary/aromatic N) is 2. The molecule has 0 amide bonds. The SMILES string of the molecule is Cc1cc(CNc2nc3ccc(OC/C(=C\F)CN)cc3o2)cc(C)n1.Cc1ccc(S(=O)(=O)O)cc1.Cc1ccc(S(=O)(=O)O)cc1. The zero-order chi connectivity index (χ0) is 35.5. The predicted molar refractivity (Wildman–Crippen MR) is 181 cm³/mol. The van der Waals surface area contributed by atoms with Crippen molar-refractivity contribution in [2.24, 2.45) is 5.73 Å². The average Bonchev–Trinajstić information content (AvgIpc) is 3.43. The number of rotatable bonds is 9. The Morgan fingerprint density at radius 3 is 1.81 bits per heavy atom. The first-order valence-corrected chi connectivity index (χ1v) is 17.2. The van der Waals surface area contributed by atoms with Crippen LogP contribution in [0.5, 0.6) is 5.75 Å². The molecule has 0 aliphatic rings. The van der Waals surface area contributed by atoms with E-state index in [0.717, 1.165) is 28.1 Å². The van der Waals surface area contributed by atoms with Crippen LogP contribution >= 0.6 is 0 Å². The van der Waals surface area contributed by atoms with E-state index in [1.54, 1.807) is 42.5 Å². The summed E-state index contributed by atoms with van der Waals surface area (Å²) in [7, 11) is -8.04. The molecule has 12 nitrogen and oxygen atoms in total. The Morgan fingerprint density at radius 1 is 0.833 bits per heavy atom. The molecule has 15 heteroatoms. The van der Waals surface area contributed by atoms with Gasteiger partial charge >= 0.3 is 0 Å². The third-order valence-electron chi connectivity index (χ3n) is 6.42. The van der Waals surface area contributed by atoms with Crippen molar-refractivity contribution >= 4 is 37.4 Å². The molecule has 0 fully saturated rings. The van der Waals surface area contributed by atoms with Crippen LogP contribution in [0.3, 0.4) is 0 Å². The number of halogens is 1. The van der Waals surface area contributed by atoms with Gasteiger partial charge in [-0.3, -0.25) is 14.1 Å². The van der Waals surface area contributed by atoms with Crippen LogP contribution in [-0.4, -0.2) is 49.1 Å². The molecule has 2 heterocycles. The zero-order valence-electron chi connectivity index (χ0n) is 26.7. The summed E-state index contributed by atoms with van der Waals surface area (Å²) in [5.41, 5.74) is 12.1. The van der Waals surface area contributed by atoms with E-state index in [4.69, 9.17) is 24.0 Å². The zero-order valence-corrected chi connectivity index (χ0v) is 28.3. The molecule has 0 spiro atoms. The third kappa shape index (κ3) is 12.2. The van der Waals surface area contributed by atoms with Crippen molar-refractivity contribution < 1.29 is 39.5 Å². The van der Waals surface area contributed by atoms with Crippen LogP contribution in [0.2, 0.25) is 0 Å². The summed E-state index contributed by atoms with van der Waals surface area (Å²) in [4.78, 5) is 8.63. The Morgan fingerprint density at radius 2 is 1.35 bits per heavy atom. The van der Waals surface area contributed by atoms with Crippen LogP contribution in [0.4, 0.5) is 10.4 Å². The highest BCUT2D eigenvalue weighted by atomic mass is 32.2. The van der Waals surface area contributed by atoms with Gasteiger partial charge in [0.25, 0.3) is 26.3 Å². The smallest absolute Gasteiger partial charge is 0.295 e. The minimum atomic E-state index is -4.02. The highest BCUT2D eigenvalue weighted by Gasteiger charge is 2.09. The van der Waals surface area contributed by atoms with E-state index in [-0.39, 0.29) is 22.9 Å². The molecule has 0 unspecified atom stereocenters. The number of aromatic nitrogens is 2. The average molecular weight is 701 g/mol. The van der Waals surface area contributed by atoms with Gasteiger partial charge in [0.1, 0.15) is 17.9 Å². The number of aryl methyl sites for hydroxylation is 4. The molecule has 0 aliphatic carbocycles. The Labute approximate surface area is 279 Å². The molecular weight excluding hydrogens is 664 g/mol. The van der Waals surface area contributed by atoms with Gasteiger partial charge in [-0.2, -0.15) is 21.8 Å². The molecule has 0 saturated heterocycles. The minimum Gasteiger partial charge on any atom is -0.489 e. The second-order valence-corrected chi connectivity index (χ2v) is 13.4. The van der Waals surface area contributed by atoms with Gasteiger partial charge in [-0.25, -0.2) is 4.39 Å². The molecule has 0 radical (unpaired) electrons. The first-order chi connectivity index (χ1) is 22.6. The van der Waals surface area contributed by atoms with Crippen LogP contribution in [0.15, 0.2) is 105 Å². The molecule has 256 valence electrons. The molecule has 2 aromatic heterocycles. The maximum atomic E-state index is 12.5. The van der Waals surface area contributed by atoms with Crippen LogP contribution < -0.4 is 15.8 Å². The fourth-order valence-electron chi connectivity index (χ4n) is 4.00. The lowest BCUT2D eigenvalue weighted by atomic mass is 10.2. The minimum absolute atomic E-state index is 0.0666. The molecule has 3 aromatic carbocycles. The lowest BCUT2D eigenvalue weighted by Crippen LogP contribution is -2.10. The first-order valence-electron chi connectivity index (χ1n) is 14.4. The highest BCUT2D eigenvalue weighted by molar-refractivity contribution is 7.86. The summed E-state index contributed by atoms with van der Waals surface area (Å²) in [5, 5.41) is 3.17. The summed E-state index contributed by atoms with van der Waals surface area (Å²) in [6.45, 7) is 8.40. The van der Waals surface area contributed by atoms with Crippen molar-refractivity contribution in [2.45, 2.75) is 44.0 Å². The van der Waals surface area contributed by atoms with Gasteiger partial charge in [0, 0.05) is 36.1 Å². The number of anilines is 1. The molecule has 5 N–H and O–H groups in total. The Bertz CT molecular complexity index is 1970. The number of nitrogens with one attached hydrogen (secondary N) is 1. The van der Waals surface area contributed by atoms with Crippen LogP contribution in [-0.2, 0) is 26.8 Å². The van der Waals surface area contributed by atoms with Crippen LogP contribution in [0, 0.1) is 27.7 Å². The number of pyridine rings is 1. The fourth-order valence-corrected chi connectivity index (χ4v) is 4.96. The summed E-state index contributed by atoms with van der Waals surface area (Å²) < 4.78 is 82.9. The number of oxazole rings is 1. The van der Waals surface area contributed by atoms with Gasteiger partial charge in [0.05, 0.1) is 16.1 Å². The Hall–Kier alpha value is -4.67. The quantitative estimate of drug-likeness (QED) is 0.129. The molecule has 0 aliphatic heterocycles. The first kappa shape index (κ1) is 37.8. The highest BCUT2D eigenvalue weighted by Crippen LogP contribution is 2.24. The number of ether oxygens (including phenoxy) is 1. The van der Waals surface area contributed by atoms with Crippen molar-refractivity contribution in [1.82, 2.24) is 9.97 Å². The van der Waals surface area contributed by atoms with Crippen LogP contribution in [0.1, 0.15) is 28.1 Å². The summed E-state index contributed by atoms with van der Waals surface area (Å²) in [5.74, 6) is 0.563. The monoisotopic (exact) mass is 700 g/mol. The number of fused-ring (bicyclic) bond motifs is 1. The molecule has 5 aromatic rings. The maximum absolute atomic E-state index is 12.5. The molecule has 48 heavy (non-hydrogen) atoms. The van der Waals surface area contributed by atoms with Crippen molar-refractivity contribution in [3.63, 3.8) is 0 Å². The van der Waals surface area contributed by atoms with Crippen molar-refractivity contribution in [2.75, 3.05) is 18.5 Å². The summed E-state index contributed by atoms with van der Waals surface area (Å²) in [6, 6.07) is 21.7. The van der Waals surface area contributed by atoms with Crippen molar-refractivity contribution in [3.8, 4) is 5.75 Å². The van der Waals surface area contributed by atoms with Gasteiger partial charge in [0.15, 0.2) is 5.58 Å². The largest absolute Gasteiger partial charge is 0.489 e. The van der Waals surface area contributed by atoms with E-state index in [2.05, 4.69) is 15.3 Å². The summed E-state index contributed by atoms with van der Waals surface area (Å²) >= 11 is 0. The Balaban J connectivity index is 0.000000233. The maximum Gasteiger partial charge on any atom is 0.295 e. The van der Waals surface area contributed by atoms with E-state index in [9.17, 15) is 21.2 Å². The molecule has 0 atom stereocenters. The van der Waals surface area contributed by atoms with E-state index in [1.165, 1.54) is 24.3 Å². The normalized spacial score (nSPS) is 11.6. The van der Waals surface area contributed by atoms with Crippen molar-refractivity contribution in [1.29, 1.82) is 0 Å². The second kappa shape index (κ2) is 16.9. The fraction of sp³-hybridized carbons (Fsp3) is 0.212. The number of benzene rings is 3. The number of nitrogens with two attached hydrogens (primary N) is 1. The Kier molecular flexibility index (Phi) is 13.3. The molecular formula is C33H37FN4O8S2. The lowest BCUT2D eigenvalue weighted by molar-refractivity contribution is 0.347. The molecule has 0 saturated carbocycles. The predicted octanol–water partition coefficient (Wildman–Crippen LogP) is 6.13. The number of hydrogen-bond acceptors (Lipinski definition) is 10. The lowest BCUT2D eigenvalue weighted by Gasteiger charge is -2.06. The van der Waals surface area contributed by atoms with E-state index in [0.29, 0.717) is 41.3 Å². The van der Waals surface area contributed by atoms with Gasteiger partial charge in [-0.1, -0.05) is 35.4 Å². The third-order valence-corrected chi connectivity index (χ3v) is 8.16. The molecule has 5 rings (SSSR count). The summed E-state index contributed by atoms with van der Waals surface area (Å²) in [6.07, 6.45) is 0.470. The van der Waals surface area contributed by atoms with E-state index in [1.807, 2.05) is 39.8 Å². The number of hydrogen-bond donors (Lipinski definition) is 4. The van der Waals surface area contributed by atoms with Crippen molar-refractivity contribution in [3.05, 3.63) is 119 Å². The van der Waals surface area contributed by atoms with E-state index >= 15 is 0 Å².